The van der Waals surface area contributed by atoms with E-state index in [1.807, 2.05) is 13.8 Å². The molecule has 2 rings (SSSR count). The third kappa shape index (κ3) is 2.67. The molecule has 6 nitrogen and oxygen atoms in total. The molecule has 0 atom stereocenters. The van der Waals surface area contributed by atoms with Crippen LogP contribution in [0.3, 0.4) is 0 Å². The maximum Gasteiger partial charge on any atom is 0.346 e. The third-order valence-electron chi connectivity index (χ3n) is 3.27. The molecule has 0 radical (unpaired) electrons. The first-order valence-electron chi connectivity index (χ1n) is 6.31. The van der Waals surface area contributed by atoms with E-state index in [0.717, 1.165) is 11.3 Å². The number of amides is 2. The molecule has 0 aliphatic carbocycles. The molecule has 1 aliphatic heterocycles. The van der Waals surface area contributed by atoms with Crippen LogP contribution in [0, 0.1) is 0 Å². The molecule has 7 heteroatoms. The van der Waals surface area contributed by atoms with Crippen LogP contribution in [0.4, 0.5) is 0 Å². The van der Waals surface area contributed by atoms with Crippen LogP contribution in [0.5, 0.6) is 0 Å². The van der Waals surface area contributed by atoms with E-state index in [0.29, 0.717) is 18.7 Å². The lowest BCUT2D eigenvalue weighted by molar-refractivity contribution is -0.157. The lowest BCUT2D eigenvalue weighted by Crippen LogP contribution is -2.55. The van der Waals surface area contributed by atoms with E-state index in [9.17, 15) is 14.4 Å². The van der Waals surface area contributed by atoms with Gasteiger partial charge in [-0.15, -0.1) is 11.3 Å². The normalized spacial score (nSPS) is 16.1. The topological polar surface area (TPSA) is 77.9 Å². The average Bonchev–Trinajstić information content (AvgIpc) is 2.83. The number of carbonyl (C=O) groups excluding carboxylic acids is 2. The fraction of sp³-hybridized carbons (Fsp3) is 0.462. The van der Waals surface area contributed by atoms with Crippen molar-refractivity contribution >= 4 is 29.1 Å². The number of hydrogen-bond donors (Lipinski definition) is 1. The maximum atomic E-state index is 12.0. The second-order valence-electron chi connectivity index (χ2n) is 4.90. The molecule has 0 bridgehead atoms. The Balaban J connectivity index is 2.12. The molecule has 1 aliphatic rings. The van der Waals surface area contributed by atoms with Crippen molar-refractivity contribution in [2.24, 2.45) is 0 Å². The number of nitrogens with zero attached hydrogens (tertiary/aromatic N) is 2. The molecule has 108 valence electrons. The molecule has 1 aromatic heterocycles. The van der Waals surface area contributed by atoms with E-state index >= 15 is 0 Å². The van der Waals surface area contributed by atoms with Crippen molar-refractivity contribution in [1.82, 2.24) is 9.80 Å². The summed E-state index contributed by atoms with van der Waals surface area (Å²) in [5.41, 5.74) is 0.571. The molecule has 0 saturated carbocycles. The van der Waals surface area contributed by atoms with Crippen LogP contribution in [-0.4, -0.2) is 51.8 Å². The molecule has 0 spiro atoms. The standard InChI is InChI=1S/C13H16N2O4S/c1-8(2)15-5-4-14(11(16)12(15)17)7-9-3-6-20-10(9)13(18)19/h3,6,8H,4-5,7H2,1-2H3,(H,18,19). The smallest absolute Gasteiger partial charge is 0.346 e. The van der Waals surface area contributed by atoms with E-state index in [-0.39, 0.29) is 17.5 Å². The lowest BCUT2D eigenvalue weighted by Gasteiger charge is -2.35. The Morgan fingerprint density at radius 1 is 1.35 bits per heavy atom. The first-order valence-corrected chi connectivity index (χ1v) is 7.19. The molecule has 20 heavy (non-hydrogen) atoms. The van der Waals surface area contributed by atoms with E-state index < -0.39 is 17.8 Å². The lowest BCUT2D eigenvalue weighted by atomic mass is 10.2. The molecule has 1 saturated heterocycles. The van der Waals surface area contributed by atoms with Crippen LogP contribution in [-0.2, 0) is 16.1 Å². The first-order chi connectivity index (χ1) is 9.41. The maximum absolute atomic E-state index is 12.0. The van der Waals surface area contributed by atoms with Gasteiger partial charge in [-0.25, -0.2) is 4.79 Å². The van der Waals surface area contributed by atoms with Crippen molar-refractivity contribution in [3.63, 3.8) is 0 Å². The summed E-state index contributed by atoms with van der Waals surface area (Å²) in [6.07, 6.45) is 0. The molecule has 1 fully saturated rings. The summed E-state index contributed by atoms with van der Waals surface area (Å²) >= 11 is 1.12. The van der Waals surface area contributed by atoms with Gasteiger partial charge >= 0.3 is 17.8 Å². The van der Waals surface area contributed by atoms with Gasteiger partial charge in [0.05, 0.1) is 0 Å². The zero-order valence-corrected chi connectivity index (χ0v) is 12.1. The number of thiophene rings is 1. The minimum absolute atomic E-state index is 0.00988. The molecule has 1 N–H and O–H groups in total. The van der Waals surface area contributed by atoms with E-state index in [1.165, 1.54) is 9.80 Å². The molecule has 0 unspecified atom stereocenters. The Kier molecular flexibility index (Phi) is 4.08. The quantitative estimate of drug-likeness (QED) is 0.842. The van der Waals surface area contributed by atoms with Crippen LogP contribution in [0.2, 0.25) is 0 Å². The van der Waals surface area contributed by atoms with E-state index in [4.69, 9.17) is 5.11 Å². The van der Waals surface area contributed by atoms with Gasteiger partial charge in [0.2, 0.25) is 0 Å². The summed E-state index contributed by atoms with van der Waals surface area (Å²) in [5.74, 6) is -2.08. The Bertz CT molecular complexity index is 552. The average molecular weight is 296 g/mol. The monoisotopic (exact) mass is 296 g/mol. The summed E-state index contributed by atoms with van der Waals surface area (Å²) in [4.78, 5) is 38.2. The minimum atomic E-state index is -1.01. The van der Waals surface area contributed by atoms with Gasteiger partial charge in [-0.05, 0) is 30.9 Å². The number of carboxylic acids is 1. The SMILES string of the molecule is CC(C)N1CCN(Cc2ccsc2C(=O)O)C(=O)C1=O. The van der Waals surface area contributed by atoms with Crippen LogP contribution in [0.15, 0.2) is 11.4 Å². The second-order valence-corrected chi connectivity index (χ2v) is 5.82. The molecular formula is C13H16N2O4S. The fourth-order valence-corrected chi connectivity index (χ4v) is 2.94. The Hall–Kier alpha value is -1.89. The van der Waals surface area contributed by atoms with Crippen molar-refractivity contribution in [1.29, 1.82) is 0 Å². The largest absolute Gasteiger partial charge is 0.477 e. The summed E-state index contributed by atoms with van der Waals surface area (Å²) in [7, 11) is 0. The van der Waals surface area contributed by atoms with Gasteiger partial charge < -0.3 is 14.9 Å². The molecular weight excluding hydrogens is 280 g/mol. The van der Waals surface area contributed by atoms with Crippen LogP contribution in [0.1, 0.15) is 29.1 Å². The Labute approximate surface area is 120 Å². The number of rotatable bonds is 4. The number of piperazine rings is 1. The van der Waals surface area contributed by atoms with Crippen molar-refractivity contribution in [3.05, 3.63) is 21.9 Å². The summed E-state index contributed by atoms with van der Waals surface area (Å²) in [6, 6.07) is 1.67. The van der Waals surface area contributed by atoms with Crippen molar-refractivity contribution in [2.75, 3.05) is 13.1 Å². The third-order valence-corrected chi connectivity index (χ3v) is 4.21. The zero-order chi connectivity index (χ0) is 14.9. The van der Waals surface area contributed by atoms with Gasteiger partial charge in [-0.3, -0.25) is 9.59 Å². The molecule has 0 aromatic carbocycles. The predicted octanol–water partition coefficient (Wildman–Crippen LogP) is 1.03. The van der Waals surface area contributed by atoms with Gasteiger partial charge in [0.1, 0.15) is 4.88 Å². The number of hydrogen-bond acceptors (Lipinski definition) is 4. The molecule has 2 amide bonds. The minimum Gasteiger partial charge on any atom is -0.477 e. The Morgan fingerprint density at radius 2 is 2.05 bits per heavy atom. The fourth-order valence-electron chi connectivity index (χ4n) is 2.19. The van der Waals surface area contributed by atoms with Crippen LogP contribution in [0.25, 0.3) is 0 Å². The highest BCUT2D eigenvalue weighted by molar-refractivity contribution is 7.12. The van der Waals surface area contributed by atoms with Gasteiger partial charge in [0, 0.05) is 25.7 Å². The van der Waals surface area contributed by atoms with Crippen LogP contribution >= 0.6 is 11.3 Å². The van der Waals surface area contributed by atoms with E-state index in [1.54, 1.807) is 11.4 Å². The van der Waals surface area contributed by atoms with Crippen molar-refractivity contribution in [2.45, 2.75) is 26.4 Å². The molecule has 1 aromatic rings. The summed E-state index contributed by atoms with van der Waals surface area (Å²) < 4.78 is 0. The highest BCUT2D eigenvalue weighted by Crippen LogP contribution is 2.20. The van der Waals surface area contributed by atoms with Crippen molar-refractivity contribution < 1.29 is 19.5 Å². The number of carbonyl (C=O) groups is 3. The van der Waals surface area contributed by atoms with Gasteiger partial charge in [-0.2, -0.15) is 0 Å². The van der Waals surface area contributed by atoms with Crippen molar-refractivity contribution in [3.8, 4) is 0 Å². The van der Waals surface area contributed by atoms with Gasteiger partial charge in [0.25, 0.3) is 0 Å². The van der Waals surface area contributed by atoms with E-state index in [2.05, 4.69) is 0 Å². The Morgan fingerprint density at radius 3 is 2.65 bits per heavy atom. The second kappa shape index (κ2) is 5.62. The number of carboxylic acid groups (broad SMARTS) is 1. The predicted molar refractivity (Wildman–Crippen MR) is 73.5 cm³/mol. The van der Waals surface area contributed by atoms with Gasteiger partial charge in [-0.1, -0.05) is 0 Å². The summed E-state index contributed by atoms with van der Waals surface area (Å²) in [6.45, 7) is 4.80. The van der Waals surface area contributed by atoms with Gasteiger partial charge in [0.15, 0.2) is 0 Å². The highest BCUT2D eigenvalue weighted by atomic mass is 32.1. The summed E-state index contributed by atoms with van der Waals surface area (Å²) in [5, 5.41) is 10.7. The zero-order valence-electron chi connectivity index (χ0n) is 11.3. The number of aromatic carboxylic acids is 1. The highest BCUT2D eigenvalue weighted by Gasteiger charge is 2.34. The first kappa shape index (κ1) is 14.5. The molecule has 2 heterocycles. The van der Waals surface area contributed by atoms with Crippen LogP contribution < -0.4 is 0 Å².